The number of rotatable bonds is 9. The van der Waals surface area contributed by atoms with E-state index in [1.807, 2.05) is 0 Å². The number of hydrogen-bond acceptors (Lipinski definition) is 6. The van der Waals surface area contributed by atoms with Crippen LogP contribution in [0.3, 0.4) is 0 Å². The van der Waals surface area contributed by atoms with Gasteiger partial charge in [0.15, 0.2) is 11.5 Å². The zero-order valence-corrected chi connectivity index (χ0v) is 20.1. The third-order valence-corrected chi connectivity index (χ3v) is 6.60. The summed E-state index contributed by atoms with van der Waals surface area (Å²) < 4.78 is 52.7. The summed E-state index contributed by atoms with van der Waals surface area (Å²) in [6.45, 7) is 0.664. The molecular formula is C24H24FN3O6S. The van der Waals surface area contributed by atoms with Gasteiger partial charge in [0.2, 0.25) is 11.8 Å². The molecule has 11 heteroatoms. The monoisotopic (exact) mass is 501 g/mol. The second-order valence-corrected chi connectivity index (χ2v) is 9.15. The lowest BCUT2D eigenvalue weighted by molar-refractivity contribution is -0.115. The van der Waals surface area contributed by atoms with Gasteiger partial charge in [-0.25, -0.2) is 12.8 Å². The fraction of sp³-hybridized carbons (Fsp3) is 0.167. The van der Waals surface area contributed by atoms with E-state index in [4.69, 9.17) is 9.47 Å². The van der Waals surface area contributed by atoms with E-state index in [1.165, 1.54) is 57.5 Å². The van der Waals surface area contributed by atoms with Crippen LogP contribution in [-0.4, -0.2) is 41.0 Å². The normalized spacial score (nSPS) is 10.9. The van der Waals surface area contributed by atoms with Crippen molar-refractivity contribution in [3.63, 3.8) is 0 Å². The molecule has 184 valence electrons. The molecule has 2 amide bonds. The molecule has 0 saturated heterocycles. The van der Waals surface area contributed by atoms with Crippen LogP contribution in [0, 0.1) is 5.82 Å². The Morgan fingerprint density at radius 1 is 0.886 bits per heavy atom. The number of amides is 2. The highest BCUT2D eigenvalue weighted by Gasteiger charge is 2.30. The molecule has 0 bridgehead atoms. The zero-order chi connectivity index (χ0) is 25.6. The number of para-hydroxylation sites is 1. The van der Waals surface area contributed by atoms with Crippen molar-refractivity contribution in [3.8, 4) is 11.5 Å². The largest absolute Gasteiger partial charge is 0.493 e. The number of carbonyl (C=O) groups is 2. The van der Waals surface area contributed by atoms with Gasteiger partial charge < -0.3 is 20.1 Å². The first-order chi connectivity index (χ1) is 16.6. The van der Waals surface area contributed by atoms with Crippen LogP contribution in [0.4, 0.5) is 21.5 Å². The van der Waals surface area contributed by atoms with Crippen molar-refractivity contribution in [2.24, 2.45) is 0 Å². The quantitative estimate of drug-likeness (QED) is 0.463. The molecule has 0 radical (unpaired) electrons. The summed E-state index contributed by atoms with van der Waals surface area (Å²) in [5, 5.41) is 5.18. The van der Waals surface area contributed by atoms with E-state index in [0.29, 0.717) is 21.4 Å². The third kappa shape index (κ3) is 6.07. The first-order valence-corrected chi connectivity index (χ1v) is 11.8. The summed E-state index contributed by atoms with van der Waals surface area (Å²) in [6.07, 6.45) is 0. The molecule has 0 aliphatic rings. The molecule has 0 aromatic heterocycles. The summed E-state index contributed by atoms with van der Waals surface area (Å²) in [4.78, 5) is 23.8. The van der Waals surface area contributed by atoms with Crippen LogP contribution in [-0.2, 0) is 19.6 Å². The van der Waals surface area contributed by atoms with Crippen LogP contribution in [0.15, 0.2) is 71.6 Å². The Kier molecular flexibility index (Phi) is 7.92. The van der Waals surface area contributed by atoms with Crippen LogP contribution in [0.2, 0.25) is 0 Å². The Bertz CT molecular complexity index is 1330. The second kappa shape index (κ2) is 10.9. The molecule has 3 rings (SSSR count). The lowest BCUT2D eigenvalue weighted by Crippen LogP contribution is -2.38. The molecule has 3 aromatic carbocycles. The van der Waals surface area contributed by atoms with Crippen LogP contribution < -0.4 is 24.4 Å². The van der Waals surface area contributed by atoms with E-state index in [9.17, 15) is 22.4 Å². The lowest BCUT2D eigenvalue weighted by Gasteiger charge is -2.25. The average Bonchev–Trinajstić information content (AvgIpc) is 2.83. The van der Waals surface area contributed by atoms with E-state index in [0.717, 1.165) is 6.07 Å². The molecule has 2 N–H and O–H groups in total. The Hall–Kier alpha value is -4.12. The smallest absolute Gasteiger partial charge is 0.265 e. The highest BCUT2D eigenvalue weighted by Crippen LogP contribution is 2.33. The zero-order valence-electron chi connectivity index (χ0n) is 19.2. The highest BCUT2D eigenvalue weighted by atomic mass is 32.2. The molecule has 0 heterocycles. The molecule has 0 saturated carbocycles. The maximum absolute atomic E-state index is 14.7. The van der Waals surface area contributed by atoms with E-state index < -0.39 is 28.3 Å². The molecule has 0 atom stereocenters. The summed E-state index contributed by atoms with van der Waals surface area (Å²) in [7, 11) is -1.63. The van der Waals surface area contributed by atoms with Crippen LogP contribution >= 0.6 is 0 Å². The van der Waals surface area contributed by atoms with Crippen LogP contribution in [0.5, 0.6) is 11.5 Å². The van der Waals surface area contributed by atoms with E-state index in [-0.39, 0.29) is 22.2 Å². The van der Waals surface area contributed by atoms with Gasteiger partial charge in [-0.05, 0) is 48.5 Å². The molecule has 0 fully saturated rings. The number of nitrogens with zero attached hydrogens (tertiary/aromatic N) is 1. The molecule has 0 spiro atoms. The van der Waals surface area contributed by atoms with E-state index in [2.05, 4.69) is 10.6 Å². The van der Waals surface area contributed by atoms with Crippen LogP contribution in [0.25, 0.3) is 0 Å². The SMILES string of the molecule is COc1ccc(S(=O)(=O)N(CC(=O)Nc2ccc(NC(C)=O)cc2)c2ccccc2F)cc1OC. The van der Waals surface area contributed by atoms with E-state index >= 15 is 0 Å². The maximum Gasteiger partial charge on any atom is 0.265 e. The topological polar surface area (TPSA) is 114 Å². The van der Waals surface area contributed by atoms with Gasteiger partial charge in [0.25, 0.3) is 10.0 Å². The number of halogens is 1. The Morgan fingerprint density at radius 3 is 2.06 bits per heavy atom. The molecule has 3 aromatic rings. The lowest BCUT2D eigenvalue weighted by atomic mass is 10.2. The van der Waals surface area contributed by atoms with Gasteiger partial charge >= 0.3 is 0 Å². The van der Waals surface area contributed by atoms with Crippen molar-refractivity contribution in [2.75, 3.05) is 35.7 Å². The number of nitrogens with one attached hydrogen (secondary N) is 2. The number of hydrogen-bond donors (Lipinski definition) is 2. The summed E-state index contributed by atoms with van der Waals surface area (Å²) in [6, 6.07) is 15.4. The van der Waals surface area contributed by atoms with Crippen LogP contribution in [0.1, 0.15) is 6.92 Å². The minimum absolute atomic E-state index is 0.158. The Morgan fingerprint density at radius 2 is 1.49 bits per heavy atom. The minimum Gasteiger partial charge on any atom is -0.493 e. The second-order valence-electron chi connectivity index (χ2n) is 7.29. The number of ether oxygens (including phenoxy) is 2. The van der Waals surface area contributed by atoms with Crippen molar-refractivity contribution in [2.45, 2.75) is 11.8 Å². The fourth-order valence-corrected chi connectivity index (χ4v) is 4.67. The van der Waals surface area contributed by atoms with Gasteiger partial charge in [0.05, 0.1) is 24.8 Å². The molecule has 9 nitrogen and oxygen atoms in total. The third-order valence-electron chi connectivity index (χ3n) is 4.84. The molecule has 0 aliphatic carbocycles. The van der Waals surface area contributed by atoms with Crippen molar-refractivity contribution in [1.29, 1.82) is 0 Å². The molecular weight excluding hydrogens is 477 g/mol. The minimum atomic E-state index is -4.39. The summed E-state index contributed by atoms with van der Waals surface area (Å²) in [5.74, 6) is -1.30. The number of benzene rings is 3. The molecule has 35 heavy (non-hydrogen) atoms. The van der Waals surface area contributed by atoms with Crippen molar-refractivity contribution in [1.82, 2.24) is 0 Å². The number of carbonyl (C=O) groups excluding carboxylic acids is 2. The standard InChI is InChI=1S/C24H24FN3O6S/c1-16(29)26-17-8-10-18(11-9-17)27-24(30)15-28(21-7-5-4-6-20(21)25)35(31,32)19-12-13-22(33-2)23(14-19)34-3/h4-14H,15H2,1-3H3,(H,26,29)(H,27,30). The fourth-order valence-electron chi connectivity index (χ4n) is 3.23. The van der Waals surface area contributed by atoms with E-state index in [1.54, 1.807) is 24.3 Å². The summed E-state index contributed by atoms with van der Waals surface area (Å²) >= 11 is 0. The van der Waals surface area contributed by atoms with Gasteiger partial charge in [0.1, 0.15) is 12.4 Å². The van der Waals surface area contributed by atoms with Gasteiger partial charge in [0, 0.05) is 24.4 Å². The first-order valence-electron chi connectivity index (χ1n) is 10.3. The van der Waals surface area contributed by atoms with Gasteiger partial charge in [-0.3, -0.25) is 13.9 Å². The first kappa shape index (κ1) is 25.5. The Balaban J connectivity index is 1.93. The number of methoxy groups -OCH3 is 2. The Labute approximate surface area is 202 Å². The molecule has 0 unspecified atom stereocenters. The number of sulfonamides is 1. The van der Waals surface area contributed by atoms with Gasteiger partial charge in [-0.15, -0.1) is 0 Å². The molecule has 0 aliphatic heterocycles. The number of anilines is 3. The maximum atomic E-state index is 14.7. The van der Waals surface area contributed by atoms with Crippen molar-refractivity contribution >= 4 is 38.9 Å². The van der Waals surface area contributed by atoms with Gasteiger partial charge in [-0.1, -0.05) is 12.1 Å². The predicted octanol–water partition coefficient (Wildman–Crippen LogP) is 3.64. The van der Waals surface area contributed by atoms with Crippen molar-refractivity contribution < 1.29 is 31.9 Å². The summed E-state index contributed by atoms with van der Waals surface area (Å²) in [5.41, 5.74) is 0.596. The average molecular weight is 502 g/mol. The van der Waals surface area contributed by atoms with Crippen molar-refractivity contribution in [3.05, 3.63) is 72.5 Å². The predicted molar refractivity (Wildman–Crippen MR) is 130 cm³/mol. The highest BCUT2D eigenvalue weighted by molar-refractivity contribution is 7.92. The van der Waals surface area contributed by atoms with Gasteiger partial charge in [-0.2, -0.15) is 0 Å².